The molecule has 0 spiro atoms. The van der Waals surface area contributed by atoms with Gasteiger partial charge in [-0.1, -0.05) is 50.1 Å². The Morgan fingerprint density at radius 2 is 1.94 bits per heavy atom. The maximum Gasteiger partial charge on any atom is 0.0459 e. The molecule has 1 nitrogen and oxygen atoms in total. The van der Waals surface area contributed by atoms with Crippen LogP contribution in [0.5, 0.6) is 0 Å². The van der Waals surface area contributed by atoms with Crippen molar-refractivity contribution >= 4 is 0 Å². The molecule has 1 fully saturated rings. The molecule has 0 amide bonds. The van der Waals surface area contributed by atoms with Crippen molar-refractivity contribution in [2.75, 3.05) is 6.61 Å². The molecular formula is C16H24O. The molecule has 0 aromatic heterocycles. The number of aliphatic hydroxyl groups excluding tert-OH is 1. The number of hydrogen-bond acceptors (Lipinski definition) is 1. The summed E-state index contributed by atoms with van der Waals surface area (Å²) in [5.74, 6) is 2.04. The Labute approximate surface area is 105 Å². The minimum absolute atomic E-state index is 0.377. The summed E-state index contributed by atoms with van der Waals surface area (Å²) in [6.45, 7) is 2.65. The topological polar surface area (TPSA) is 20.2 Å². The third kappa shape index (κ3) is 3.10. The summed E-state index contributed by atoms with van der Waals surface area (Å²) >= 11 is 0. The van der Waals surface area contributed by atoms with Crippen LogP contribution in [0, 0.1) is 11.8 Å². The summed E-state index contributed by atoms with van der Waals surface area (Å²) in [5, 5.41) is 9.33. The van der Waals surface area contributed by atoms with Gasteiger partial charge in [-0.3, -0.25) is 0 Å². The third-order valence-electron chi connectivity index (χ3n) is 4.24. The highest BCUT2D eigenvalue weighted by Crippen LogP contribution is 2.42. The zero-order valence-corrected chi connectivity index (χ0v) is 10.8. The largest absolute Gasteiger partial charge is 0.396 e. The predicted molar refractivity (Wildman–Crippen MR) is 72.0 cm³/mol. The molecule has 0 bridgehead atoms. The first-order valence-electron chi connectivity index (χ1n) is 7.01. The zero-order valence-electron chi connectivity index (χ0n) is 10.8. The van der Waals surface area contributed by atoms with E-state index in [-0.39, 0.29) is 0 Å². The van der Waals surface area contributed by atoms with Crippen LogP contribution in [0.3, 0.4) is 0 Å². The highest BCUT2D eigenvalue weighted by Gasteiger charge is 2.30. The van der Waals surface area contributed by atoms with Gasteiger partial charge in [0.25, 0.3) is 0 Å². The van der Waals surface area contributed by atoms with Crippen molar-refractivity contribution in [1.82, 2.24) is 0 Å². The predicted octanol–water partition coefficient (Wildman–Crippen LogP) is 3.98. The second-order valence-electron chi connectivity index (χ2n) is 5.43. The van der Waals surface area contributed by atoms with Gasteiger partial charge in [0.2, 0.25) is 0 Å². The van der Waals surface area contributed by atoms with Gasteiger partial charge in [-0.15, -0.1) is 0 Å². The van der Waals surface area contributed by atoms with E-state index in [4.69, 9.17) is 0 Å². The summed E-state index contributed by atoms with van der Waals surface area (Å²) in [6, 6.07) is 10.9. The number of rotatable bonds is 4. The minimum Gasteiger partial charge on any atom is -0.396 e. The molecule has 1 N–H and O–H groups in total. The smallest absolute Gasteiger partial charge is 0.0459 e. The lowest BCUT2D eigenvalue weighted by Crippen LogP contribution is -2.25. The molecule has 17 heavy (non-hydrogen) atoms. The van der Waals surface area contributed by atoms with Crippen molar-refractivity contribution in [3.8, 4) is 0 Å². The van der Waals surface area contributed by atoms with Gasteiger partial charge < -0.3 is 5.11 Å². The lowest BCUT2D eigenvalue weighted by molar-refractivity contribution is 0.142. The molecule has 2 rings (SSSR count). The molecule has 1 aliphatic carbocycles. The second-order valence-corrected chi connectivity index (χ2v) is 5.43. The van der Waals surface area contributed by atoms with Crippen molar-refractivity contribution < 1.29 is 5.11 Å². The fourth-order valence-corrected chi connectivity index (χ4v) is 3.36. The van der Waals surface area contributed by atoms with Crippen LogP contribution in [0.25, 0.3) is 0 Å². The molecule has 1 aliphatic rings. The van der Waals surface area contributed by atoms with E-state index in [2.05, 4.69) is 37.3 Å². The fourth-order valence-electron chi connectivity index (χ4n) is 3.36. The van der Waals surface area contributed by atoms with Gasteiger partial charge in [0.1, 0.15) is 0 Å². The van der Waals surface area contributed by atoms with Gasteiger partial charge in [0, 0.05) is 6.61 Å². The van der Waals surface area contributed by atoms with Crippen molar-refractivity contribution in [2.24, 2.45) is 11.8 Å². The normalized spacial score (nSPS) is 29.2. The summed E-state index contributed by atoms with van der Waals surface area (Å²) in [5.41, 5.74) is 1.50. The van der Waals surface area contributed by atoms with Crippen LogP contribution >= 0.6 is 0 Å². The minimum atomic E-state index is 0.377. The average molecular weight is 232 g/mol. The zero-order chi connectivity index (χ0) is 12.1. The molecular weight excluding hydrogens is 208 g/mol. The van der Waals surface area contributed by atoms with Gasteiger partial charge in [-0.25, -0.2) is 0 Å². The number of hydrogen-bond donors (Lipinski definition) is 1. The van der Waals surface area contributed by atoms with Gasteiger partial charge >= 0.3 is 0 Å². The Morgan fingerprint density at radius 3 is 2.59 bits per heavy atom. The summed E-state index contributed by atoms with van der Waals surface area (Å²) < 4.78 is 0. The van der Waals surface area contributed by atoms with Crippen LogP contribution < -0.4 is 0 Å². The van der Waals surface area contributed by atoms with Gasteiger partial charge in [-0.05, 0) is 42.6 Å². The quantitative estimate of drug-likeness (QED) is 0.832. The maximum absolute atomic E-state index is 9.33. The van der Waals surface area contributed by atoms with Crippen LogP contribution in [0.15, 0.2) is 30.3 Å². The molecule has 94 valence electrons. The van der Waals surface area contributed by atoms with E-state index in [9.17, 15) is 5.11 Å². The second kappa shape index (κ2) is 6.20. The number of benzene rings is 1. The summed E-state index contributed by atoms with van der Waals surface area (Å²) in [4.78, 5) is 0. The molecule has 1 aromatic carbocycles. The van der Waals surface area contributed by atoms with Crippen LogP contribution in [0.1, 0.15) is 50.5 Å². The van der Waals surface area contributed by atoms with Crippen molar-refractivity contribution in [3.05, 3.63) is 35.9 Å². The first-order chi connectivity index (χ1) is 8.35. The van der Waals surface area contributed by atoms with Crippen molar-refractivity contribution in [3.63, 3.8) is 0 Å². The van der Waals surface area contributed by atoms with Gasteiger partial charge in [-0.2, -0.15) is 0 Å². The van der Waals surface area contributed by atoms with Crippen molar-refractivity contribution in [2.45, 2.75) is 44.9 Å². The van der Waals surface area contributed by atoms with E-state index in [1.165, 1.54) is 37.7 Å². The highest BCUT2D eigenvalue weighted by atomic mass is 16.3. The first-order valence-corrected chi connectivity index (χ1v) is 7.01. The van der Waals surface area contributed by atoms with E-state index in [1.807, 2.05) is 0 Å². The van der Waals surface area contributed by atoms with E-state index in [1.54, 1.807) is 0 Å². The van der Waals surface area contributed by atoms with Crippen LogP contribution in [0.4, 0.5) is 0 Å². The Hall–Kier alpha value is -0.820. The lowest BCUT2D eigenvalue weighted by Gasteiger charge is -2.36. The third-order valence-corrected chi connectivity index (χ3v) is 4.24. The van der Waals surface area contributed by atoms with Crippen LogP contribution in [0.2, 0.25) is 0 Å². The average Bonchev–Trinajstić information content (AvgIpc) is 2.40. The Bertz CT molecular complexity index is 320. The van der Waals surface area contributed by atoms with E-state index in [0.29, 0.717) is 12.5 Å². The first kappa shape index (κ1) is 12.6. The van der Waals surface area contributed by atoms with Crippen molar-refractivity contribution in [1.29, 1.82) is 0 Å². The lowest BCUT2D eigenvalue weighted by atomic mass is 9.70. The fraction of sp³-hybridized carbons (Fsp3) is 0.625. The van der Waals surface area contributed by atoms with Gasteiger partial charge in [0.05, 0.1) is 0 Å². The Morgan fingerprint density at radius 1 is 1.18 bits per heavy atom. The monoisotopic (exact) mass is 232 g/mol. The molecule has 0 heterocycles. The molecule has 3 unspecified atom stereocenters. The highest BCUT2D eigenvalue weighted by molar-refractivity contribution is 5.21. The standard InChI is InChI=1S/C16H24O/c1-2-6-15-11-13(12-17)9-10-16(15)14-7-4-3-5-8-14/h3-5,7-8,13,15-17H,2,6,9-12H2,1H3. The van der Waals surface area contributed by atoms with E-state index < -0.39 is 0 Å². The molecule has 0 radical (unpaired) electrons. The van der Waals surface area contributed by atoms with E-state index in [0.717, 1.165) is 11.8 Å². The van der Waals surface area contributed by atoms with Crippen LogP contribution in [-0.4, -0.2) is 11.7 Å². The van der Waals surface area contributed by atoms with E-state index >= 15 is 0 Å². The molecule has 1 saturated carbocycles. The van der Waals surface area contributed by atoms with Gasteiger partial charge in [0.15, 0.2) is 0 Å². The molecule has 0 aliphatic heterocycles. The Kier molecular flexibility index (Phi) is 4.61. The molecule has 1 aromatic rings. The van der Waals surface area contributed by atoms with Crippen LogP contribution in [-0.2, 0) is 0 Å². The summed E-state index contributed by atoms with van der Waals surface area (Å²) in [6.07, 6.45) is 6.21. The molecule has 0 saturated heterocycles. The SMILES string of the molecule is CCCC1CC(CO)CCC1c1ccccc1. The summed E-state index contributed by atoms with van der Waals surface area (Å²) in [7, 11) is 0. The molecule has 1 heteroatoms. The Balaban J connectivity index is 2.10. The number of aliphatic hydroxyl groups is 1. The maximum atomic E-state index is 9.33. The molecule has 3 atom stereocenters.